The highest BCUT2D eigenvalue weighted by Gasteiger charge is 2.27. The van der Waals surface area contributed by atoms with E-state index in [9.17, 15) is 4.57 Å². The van der Waals surface area contributed by atoms with Crippen molar-refractivity contribution in [2.75, 3.05) is 13.2 Å². The maximum atomic E-state index is 12.4. The van der Waals surface area contributed by atoms with Gasteiger partial charge in [-0.2, -0.15) is 0 Å². The number of nitrogens with zero attached hydrogens (tertiary/aromatic N) is 2. The van der Waals surface area contributed by atoms with E-state index in [-0.39, 0.29) is 12.1 Å². The Hall–Kier alpha value is -1.49. The predicted molar refractivity (Wildman–Crippen MR) is 74.3 cm³/mol. The fraction of sp³-hybridized carbons (Fsp3) is 0.385. The van der Waals surface area contributed by atoms with Gasteiger partial charge in [-0.25, -0.2) is 0 Å². The molecule has 108 valence electrons. The molecule has 6 nitrogen and oxygen atoms in total. The minimum absolute atomic E-state index is 0.0193. The maximum Gasteiger partial charge on any atom is 0.339 e. The Morgan fingerprint density at radius 1 is 1.10 bits per heavy atom. The Morgan fingerprint density at radius 2 is 1.75 bits per heavy atom. The summed E-state index contributed by atoms with van der Waals surface area (Å²) >= 11 is 0. The van der Waals surface area contributed by atoms with Gasteiger partial charge in [-0.1, -0.05) is 18.2 Å². The van der Waals surface area contributed by atoms with Crippen molar-refractivity contribution in [3.8, 4) is 11.5 Å². The van der Waals surface area contributed by atoms with E-state index in [0.29, 0.717) is 19.1 Å². The van der Waals surface area contributed by atoms with Crippen LogP contribution in [0.3, 0.4) is 0 Å². The average Bonchev–Trinajstić information content (AvgIpc) is 2.88. The lowest BCUT2D eigenvalue weighted by atomic mass is 10.2. The number of hydrogen-bond acceptors (Lipinski definition) is 6. The lowest BCUT2D eigenvalue weighted by Gasteiger charge is -2.14. The quantitative estimate of drug-likeness (QED) is 0.728. The molecule has 0 saturated carbocycles. The van der Waals surface area contributed by atoms with Crippen molar-refractivity contribution in [2.24, 2.45) is 0 Å². The first-order chi connectivity index (χ1) is 9.67. The average molecular weight is 296 g/mol. The highest BCUT2D eigenvalue weighted by atomic mass is 31.2. The molecule has 7 heteroatoms. The number of rotatable bonds is 7. The van der Waals surface area contributed by atoms with E-state index in [1.807, 2.05) is 30.3 Å². The SMILES string of the molecule is CCOP(=O)(Cc1nnc(-c2ccccc2)o1)OCC. The molecule has 0 aliphatic carbocycles. The van der Waals surface area contributed by atoms with Crippen molar-refractivity contribution < 1.29 is 18.0 Å². The Balaban J connectivity index is 2.15. The fourth-order valence-electron chi connectivity index (χ4n) is 1.70. The zero-order valence-electron chi connectivity index (χ0n) is 11.5. The molecule has 0 aliphatic heterocycles. The summed E-state index contributed by atoms with van der Waals surface area (Å²) in [7, 11) is -3.22. The van der Waals surface area contributed by atoms with Crippen LogP contribution in [0.2, 0.25) is 0 Å². The Labute approximate surface area is 117 Å². The van der Waals surface area contributed by atoms with E-state index in [0.717, 1.165) is 5.56 Å². The second-order valence-corrected chi connectivity index (χ2v) is 6.03. The molecular formula is C13H17N2O4P. The molecule has 0 atom stereocenters. The van der Waals surface area contributed by atoms with Gasteiger partial charge in [0.15, 0.2) is 0 Å². The molecule has 0 N–H and O–H groups in total. The first-order valence-electron chi connectivity index (χ1n) is 6.43. The van der Waals surface area contributed by atoms with Crippen LogP contribution in [-0.2, 0) is 19.8 Å². The molecule has 0 amide bonds. The van der Waals surface area contributed by atoms with Crippen molar-refractivity contribution in [1.29, 1.82) is 0 Å². The lowest BCUT2D eigenvalue weighted by Crippen LogP contribution is -1.99. The summed E-state index contributed by atoms with van der Waals surface area (Å²) in [6.45, 7) is 4.12. The minimum Gasteiger partial charge on any atom is -0.420 e. The third kappa shape index (κ3) is 3.76. The van der Waals surface area contributed by atoms with Gasteiger partial charge in [0.2, 0.25) is 11.8 Å². The molecule has 0 fully saturated rings. The summed E-state index contributed by atoms with van der Waals surface area (Å²) in [5, 5.41) is 7.84. The fourth-order valence-corrected chi connectivity index (χ4v) is 3.21. The molecular weight excluding hydrogens is 279 g/mol. The van der Waals surface area contributed by atoms with Crippen molar-refractivity contribution in [1.82, 2.24) is 10.2 Å². The summed E-state index contributed by atoms with van der Waals surface area (Å²) in [4.78, 5) is 0. The molecule has 0 unspecified atom stereocenters. The zero-order chi connectivity index (χ0) is 14.4. The van der Waals surface area contributed by atoms with Crippen LogP contribution in [0.4, 0.5) is 0 Å². The van der Waals surface area contributed by atoms with Gasteiger partial charge in [-0.05, 0) is 26.0 Å². The lowest BCUT2D eigenvalue weighted by molar-refractivity contribution is 0.217. The predicted octanol–water partition coefficient (Wildman–Crippen LogP) is 3.50. The van der Waals surface area contributed by atoms with Crippen LogP contribution in [0.5, 0.6) is 0 Å². The van der Waals surface area contributed by atoms with Gasteiger partial charge in [0.25, 0.3) is 0 Å². The van der Waals surface area contributed by atoms with E-state index >= 15 is 0 Å². The third-order valence-corrected chi connectivity index (χ3v) is 4.43. The molecule has 0 aliphatic rings. The van der Waals surface area contributed by atoms with Crippen molar-refractivity contribution in [3.05, 3.63) is 36.2 Å². The summed E-state index contributed by atoms with van der Waals surface area (Å²) in [5.41, 5.74) is 0.814. The van der Waals surface area contributed by atoms with Crippen molar-refractivity contribution >= 4 is 7.60 Å². The molecule has 0 bridgehead atoms. The normalized spacial score (nSPS) is 11.7. The summed E-state index contributed by atoms with van der Waals surface area (Å²) < 4.78 is 28.2. The van der Waals surface area contributed by atoms with Gasteiger partial charge in [0.1, 0.15) is 6.16 Å². The molecule has 20 heavy (non-hydrogen) atoms. The van der Waals surface area contributed by atoms with Gasteiger partial charge < -0.3 is 13.5 Å². The van der Waals surface area contributed by atoms with Gasteiger partial charge in [-0.3, -0.25) is 4.57 Å². The minimum atomic E-state index is -3.22. The molecule has 0 saturated heterocycles. The molecule has 2 rings (SSSR count). The van der Waals surface area contributed by atoms with Crippen LogP contribution in [0, 0.1) is 0 Å². The van der Waals surface area contributed by atoms with Crippen LogP contribution in [0.25, 0.3) is 11.5 Å². The zero-order valence-corrected chi connectivity index (χ0v) is 12.4. The van der Waals surface area contributed by atoms with E-state index in [2.05, 4.69) is 10.2 Å². The number of hydrogen-bond donors (Lipinski definition) is 0. The van der Waals surface area contributed by atoms with Gasteiger partial charge in [-0.15, -0.1) is 10.2 Å². The topological polar surface area (TPSA) is 74.5 Å². The van der Waals surface area contributed by atoms with Gasteiger partial charge in [0, 0.05) is 5.56 Å². The van der Waals surface area contributed by atoms with Crippen LogP contribution in [0.15, 0.2) is 34.7 Å². The second-order valence-electron chi connectivity index (χ2n) is 3.97. The standard InChI is InChI=1S/C13H17N2O4P/c1-3-17-20(16,18-4-2)10-12-14-15-13(19-12)11-8-6-5-7-9-11/h5-9H,3-4,10H2,1-2H3. The summed E-state index contributed by atoms with van der Waals surface area (Å²) in [6, 6.07) is 9.39. The Bertz CT molecular complexity index is 575. The highest BCUT2D eigenvalue weighted by Crippen LogP contribution is 2.51. The molecule has 0 radical (unpaired) electrons. The van der Waals surface area contributed by atoms with E-state index in [1.165, 1.54) is 0 Å². The first-order valence-corrected chi connectivity index (χ1v) is 8.15. The Kier molecular flexibility index (Phi) is 5.06. The monoisotopic (exact) mass is 296 g/mol. The molecule has 2 aromatic rings. The van der Waals surface area contributed by atoms with Crippen LogP contribution in [-0.4, -0.2) is 23.4 Å². The van der Waals surface area contributed by atoms with Gasteiger partial charge >= 0.3 is 7.60 Å². The third-order valence-electron chi connectivity index (χ3n) is 2.47. The van der Waals surface area contributed by atoms with Crippen molar-refractivity contribution in [2.45, 2.75) is 20.0 Å². The smallest absolute Gasteiger partial charge is 0.339 e. The van der Waals surface area contributed by atoms with Crippen LogP contribution >= 0.6 is 7.60 Å². The number of aromatic nitrogens is 2. The first kappa shape index (κ1) is 14.9. The van der Waals surface area contributed by atoms with Crippen LogP contribution < -0.4 is 0 Å². The molecule has 1 heterocycles. The summed E-state index contributed by atoms with van der Waals surface area (Å²) in [6.07, 6.45) is -0.0193. The highest BCUT2D eigenvalue weighted by molar-refractivity contribution is 7.52. The van der Waals surface area contributed by atoms with E-state index in [4.69, 9.17) is 13.5 Å². The Morgan fingerprint density at radius 3 is 2.35 bits per heavy atom. The molecule has 1 aromatic heterocycles. The number of benzene rings is 1. The van der Waals surface area contributed by atoms with Crippen molar-refractivity contribution in [3.63, 3.8) is 0 Å². The van der Waals surface area contributed by atoms with E-state index < -0.39 is 7.60 Å². The second kappa shape index (κ2) is 6.79. The van der Waals surface area contributed by atoms with Gasteiger partial charge in [0.05, 0.1) is 13.2 Å². The summed E-state index contributed by atoms with van der Waals surface area (Å²) in [5.74, 6) is 0.634. The van der Waals surface area contributed by atoms with E-state index in [1.54, 1.807) is 13.8 Å². The molecule has 0 spiro atoms. The molecule has 1 aromatic carbocycles. The maximum absolute atomic E-state index is 12.4. The van der Waals surface area contributed by atoms with Crippen LogP contribution in [0.1, 0.15) is 19.7 Å². The largest absolute Gasteiger partial charge is 0.420 e.